The summed E-state index contributed by atoms with van der Waals surface area (Å²) < 4.78 is 0. The van der Waals surface area contributed by atoms with Crippen LogP contribution < -0.4 is 5.32 Å². The van der Waals surface area contributed by atoms with Crippen molar-refractivity contribution in [1.82, 2.24) is 5.32 Å². The van der Waals surface area contributed by atoms with Crippen molar-refractivity contribution in [2.24, 2.45) is 0 Å². The second-order valence-electron chi connectivity index (χ2n) is 5.62. The zero-order valence-corrected chi connectivity index (χ0v) is 13.0. The molecule has 2 N–H and O–H groups in total. The highest BCUT2D eigenvalue weighted by Gasteiger charge is 2.05. The van der Waals surface area contributed by atoms with Gasteiger partial charge in [0.05, 0.1) is 6.10 Å². The van der Waals surface area contributed by atoms with E-state index in [1.165, 1.54) is 16.7 Å². The van der Waals surface area contributed by atoms with Gasteiger partial charge in [-0.05, 0) is 22.3 Å². The van der Waals surface area contributed by atoms with Crippen molar-refractivity contribution < 1.29 is 5.11 Å². The van der Waals surface area contributed by atoms with Crippen molar-refractivity contribution in [2.45, 2.75) is 12.6 Å². The summed E-state index contributed by atoms with van der Waals surface area (Å²) in [4.78, 5) is 0. The first-order chi connectivity index (χ1) is 11.3. The number of rotatable bonds is 6. The van der Waals surface area contributed by atoms with Crippen molar-refractivity contribution in [2.75, 3.05) is 6.54 Å². The monoisotopic (exact) mass is 303 g/mol. The Hall–Kier alpha value is -2.42. The Morgan fingerprint density at radius 2 is 1.26 bits per heavy atom. The Bertz CT molecular complexity index is 708. The van der Waals surface area contributed by atoms with Gasteiger partial charge in [0, 0.05) is 13.1 Å². The van der Waals surface area contributed by atoms with E-state index in [-0.39, 0.29) is 0 Å². The SMILES string of the molecule is O[C@H](CNCc1ccc(-c2ccccc2)cc1)c1ccccc1. The van der Waals surface area contributed by atoms with Gasteiger partial charge in [0.2, 0.25) is 0 Å². The molecule has 0 aliphatic carbocycles. The number of hydrogen-bond donors (Lipinski definition) is 2. The van der Waals surface area contributed by atoms with Crippen LogP contribution in [0.5, 0.6) is 0 Å². The van der Waals surface area contributed by atoms with Gasteiger partial charge in [-0.25, -0.2) is 0 Å². The second kappa shape index (κ2) is 7.73. The predicted octanol–water partition coefficient (Wildman–Crippen LogP) is 4.18. The predicted molar refractivity (Wildman–Crippen MR) is 95.0 cm³/mol. The fourth-order valence-electron chi connectivity index (χ4n) is 2.59. The van der Waals surface area contributed by atoms with Crippen molar-refractivity contribution in [3.63, 3.8) is 0 Å². The van der Waals surface area contributed by atoms with Gasteiger partial charge >= 0.3 is 0 Å². The molecule has 0 radical (unpaired) electrons. The van der Waals surface area contributed by atoms with E-state index >= 15 is 0 Å². The Kier molecular flexibility index (Phi) is 5.20. The highest BCUT2D eigenvalue weighted by molar-refractivity contribution is 5.63. The number of nitrogens with one attached hydrogen (secondary N) is 1. The van der Waals surface area contributed by atoms with E-state index in [4.69, 9.17) is 0 Å². The lowest BCUT2D eigenvalue weighted by Crippen LogP contribution is -2.20. The van der Waals surface area contributed by atoms with E-state index in [1.807, 2.05) is 36.4 Å². The quantitative estimate of drug-likeness (QED) is 0.716. The van der Waals surface area contributed by atoms with E-state index in [9.17, 15) is 5.11 Å². The summed E-state index contributed by atoms with van der Waals surface area (Å²) in [6, 6.07) is 28.6. The maximum absolute atomic E-state index is 10.1. The third kappa shape index (κ3) is 4.28. The van der Waals surface area contributed by atoms with Crippen LogP contribution in [0.2, 0.25) is 0 Å². The van der Waals surface area contributed by atoms with Gasteiger partial charge in [-0.3, -0.25) is 0 Å². The van der Waals surface area contributed by atoms with Crippen LogP contribution in [0, 0.1) is 0 Å². The molecule has 23 heavy (non-hydrogen) atoms. The average molecular weight is 303 g/mol. The molecule has 0 heterocycles. The molecule has 0 saturated heterocycles. The summed E-state index contributed by atoms with van der Waals surface area (Å²) in [5.41, 5.74) is 4.61. The van der Waals surface area contributed by atoms with Crippen LogP contribution in [0.4, 0.5) is 0 Å². The molecular weight excluding hydrogens is 282 g/mol. The molecule has 0 saturated carbocycles. The largest absolute Gasteiger partial charge is 0.387 e. The van der Waals surface area contributed by atoms with Crippen LogP contribution >= 0.6 is 0 Å². The van der Waals surface area contributed by atoms with Gasteiger partial charge in [0.25, 0.3) is 0 Å². The maximum Gasteiger partial charge on any atom is 0.0914 e. The molecule has 0 amide bonds. The molecule has 3 aromatic carbocycles. The van der Waals surface area contributed by atoms with Gasteiger partial charge in [0.1, 0.15) is 0 Å². The van der Waals surface area contributed by atoms with Crippen LogP contribution in [0.15, 0.2) is 84.9 Å². The van der Waals surface area contributed by atoms with Crippen molar-refractivity contribution >= 4 is 0 Å². The summed E-state index contributed by atoms with van der Waals surface area (Å²) in [6.45, 7) is 1.30. The lowest BCUT2D eigenvalue weighted by molar-refractivity contribution is 0.174. The summed E-state index contributed by atoms with van der Waals surface area (Å²) in [5, 5.41) is 13.4. The van der Waals surface area contributed by atoms with Crippen LogP contribution in [0.3, 0.4) is 0 Å². The third-order valence-corrected chi connectivity index (χ3v) is 3.91. The first kappa shape index (κ1) is 15.5. The van der Waals surface area contributed by atoms with E-state index < -0.39 is 6.10 Å². The minimum Gasteiger partial charge on any atom is -0.387 e. The smallest absolute Gasteiger partial charge is 0.0914 e. The molecule has 0 aromatic heterocycles. The highest BCUT2D eigenvalue weighted by Crippen LogP contribution is 2.19. The zero-order valence-electron chi connectivity index (χ0n) is 13.0. The fourth-order valence-corrected chi connectivity index (χ4v) is 2.59. The Balaban J connectivity index is 1.53. The molecule has 0 bridgehead atoms. The molecule has 116 valence electrons. The first-order valence-corrected chi connectivity index (χ1v) is 7.91. The summed E-state index contributed by atoms with van der Waals surface area (Å²) in [6.07, 6.45) is -0.472. The molecule has 2 heteroatoms. The molecule has 1 atom stereocenters. The number of benzene rings is 3. The lowest BCUT2D eigenvalue weighted by Gasteiger charge is -2.12. The van der Waals surface area contributed by atoms with E-state index in [2.05, 4.69) is 53.8 Å². The highest BCUT2D eigenvalue weighted by atomic mass is 16.3. The summed E-state index contributed by atoms with van der Waals surface area (Å²) in [7, 11) is 0. The van der Waals surface area contributed by atoms with E-state index in [0.29, 0.717) is 6.54 Å². The van der Waals surface area contributed by atoms with Crippen molar-refractivity contribution in [3.05, 3.63) is 96.1 Å². The molecule has 2 nitrogen and oxygen atoms in total. The molecule has 3 rings (SSSR count). The van der Waals surface area contributed by atoms with Gasteiger partial charge in [-0.2, -0.15) is 0 Å². The first-order valence-electron chi connectivity index (χ1n) is 7.91. The topological polar surface area (TPSA) is 32.3 Å². The van der Waals surface area contributed by atoms with Crippen LogP contribution in [-0.4, -0.2) is 11.7 Å². The number of aliphatic hydroxyl groups excluding tert-OH is 1. The van der Waals surface area contributed by atoms with E-state index in [0.717, 1.165) is 12.1 Å². The molecule has 3 aromatic rings. The van der Waals surface area contributed by atoms with Crippen LogP contribution in [0.25, 0.3) is 11.1 Å². The maximum atomic E-state index is 10.1. The normalized spacial score (nSPS) is 12.0. The molecular formula is C21H21NO. The third-order valence-electron chi connectivity index (χ3n) is 3.91. The number of hydrogen-bond acceptors (Lipinski definition) is 2. The molecule has 0 aliphatic rings. The van der Waals surface area contributed by atoms with Gasteiger partial charge < -0.3 is 10.4 Å². The van der Waals surface area contributed by atoms with Gasteiger partial charge in [-0.1, -0.05) is 84.9 Å². The van der Waals surface area contributed by atoms with Crippen LogP contribution in [-0.2, 0) is 6.54 Å². The Morgan fingerprint density at radius 3 is 1.91 bits per heavy atom. The molecule has 0 spiro atoms. The van der Waals surface area contributed by atoms with Gasteiger partial charge in [0.15, 0.2) is 0 Å². The van der Waals surface area contributed by atoms with Crippen molar-refractivity contribution in [3.8, 4) is 11.1 Å². The summed E-state index contributed by atoms with van der Waals surface area (Å²) in [5.74, 6) is 0. The molecule has 0 fully saturated rings. The Labute approximate surface area is 137 Å². The van der Waals surface area contributed by atoms with Crippen molar-refractivity contribution in [1.29, 1.82) is 0 Å². The Morgan fingerprint density at radius 1 is 0.696 bits per heavy atom. The minimum atomic E-state index is -0.472. The molecule has 0 aliphatic heterocycles. The zero-order chi connectivity index (χ0) is 15.9. The molecule has 0 unspecified atom stereocenters. The van der Waals surface area contributed by atoms with E-state index in [1.54, 1.807) is 0 Å². The minimum absolute atomic E-state index is 0.472. The lowest BCUT2D eigenvalue weighted by atomic mass is 10.0. The van der Waals surface area contributed by atoms with Gasteiger partial charge in [-0.15, -0.1) is 0 Å². The number of aliphatic hydroxyl groups is 1. The standard InChI is InChI=1S/C21H21NO/c23-21(20-9-5-2-6-10-20)16-22-15-17-11-13-19(14-12-17)18-7-3-1-4-8-18/h1-14,21-23H,15-16H2/t21-/m1/s1. The average Bonchev–Trinajstić information content (AvgIpc) is 2.64. The second-order valence-corrected chi connectivity index (χ2v) is 5.62. The fraction of sp³-hybridized carbons (Fsp3) is 0.143. The summed E-state index contributed by atoms with van der Waals surface area (Å²) >= 11 is 0. The van der Waals surface area contributed by atoms with Crippen LogP contribution in [0.1, 0.15) is 17.2 Å².